The lowest BCUT2D eigenvalue weighted by atomic mass is 10.1. The summed E-state index contributed by atoms with van der Waals surface area (Å²) >= 11 is 3.45. The Bertz CT molecular complexity index is 395. The monoisotopic (exact) mass is 223 g/mol. The molecular weight excluding hydrogens is 214 g/mol. The molecule has 62 valence electrons. The van der Waals surface area contributed by atoms with Gasteiger partial charge in [0.25, 0.3) is 0 Å². The maximum atomic E-state index is 4.44. The number of rotatable bonds is 2. The zero-order chi connectivity index (χ0) is 8.39. The SMILES string of the molecule is BrCCC1=c2ccccc2=NC1. The summed E-state index contributed by atoms with van der Waals surface area (Å²) < 4.78 is 0. The van der Waals surface area contributed by atoms with Gasteiger partial charge in [-0.05, 0) is 18.1 Å². The maximum Gasteiger partial charge on any atom is 0.0650 e. The minimum atomic E-state index is 0.894. The number of fused-ring (bicyclic) bond motifs is 1. The van der Waals surface area contributed by atoms with E-state index in [1.807, 2.05) is 6.07 Å². The largest absolute Gasteiger partial charge is 0.280 e. The summed E-state index contributed by atoms with van der Waals surface area (Å²) in [6.45, 7) is 0.894. The van der Waals surface area contributed by atoms with Crippen molar-refractivity contribution in [3.8, 4) is 0 Å². The predicted molar refractivity (Wildman–Crippen MR) is 53.9 cm³/mol. The first-order chi connectivity index (χ1) is 5.92. The maximum absolute atomic E-state index is 4.44. The molecule has 1 aliphatic heterocycles. The Hall–Kier alpha value is -0.630. The van der Waals surface area contributed by atoms with Crippen molar-refractivity contribution in [1.82, 2.24) is 0 Å². The summed E-state index contributed by atoms with van der Waals surface area (Å²) in [5.74, 6) is 0. The summed E-state index contributed by atoms with van der Waals surface area (Å²) in [6, 6.07) is 8.35. The second-order valence-electron chi connectivity index (χ2n) is 2.88. The van der Waals surface area contributed by atoms with Gasteiger partial charge in [0.05, 0.1) is 11.9 Å². The van der Waals surface area contributed by atoms with Crippen LogP contribution in [-0.2, 0) is 0 Å². The molecule has 0 N–H and O–H groups in total. The zero-order valence-electron chi connectivity index (χ0n) is 6.76. The second kappa shape index (κ2) is 3.40. The van der Waals surface area contributed by atoms with Crippen LogP contribution in [0.25, 0.3) is 5.57 Å². The molecule has 1 aliphatic rings. The van der Waals surface area contributed by atoms with Gasteiger partial charge in [0, 0.05) is 10.5 Å². The van der Waals surface area contributed by atoms with Crippen molar-refractivity contribution in [1.29, 1.82) is 0 Å². The number of nitrogens with zero attached hydrogens (tertiary/aromatic N) is 1. The minimum absolute atomic E-state index is 0.894. The van der Waals surface area contributed by atoms with Crippen molar-refractivity contribution in [3.63, 3.8) is 0 Å². The molecule has 0 bridgehead atoms. The van der Waals surface area contributed by atoms with Gasteiger partial charge in [-0.2, -0.15) is 0 Å². The topological polar surface area (TPSA) is 12.4 Å². The summed E-state index contributed by atoms with van der Waals surface area (Å²) in [5, 5.41) is 3.54. The lowest BCUT2D eigenvalue weighted by Gasteiger charge is -1.94. The van der Waals surface area contributed by atoms with Gasteiger partial charge < -0.3 is 0 Å². The van der Waals surface area contributed by atoms with Gasteiger partial charge in [-0.3, -0.25) is 4.99 Å². The molecule has 0 unspecified atom stereocenters. The molecule has 0 spiro atoms. The van der Waals surface area contributed by atoms with Crippen molar-refractivity contribution < 1.29 is 0 Å². The van der Waals surface area contributed by atoms with Gasteiger partial charge in [0.2, 0.25) is 0 Å². The number of hydrogen-bond donors (Lipinski definition) is 0. The van der Waals surface area contributed by atoms with Gasteiger partial charge in [-0.25, -0.2) is 0 Å². The quantitative estimate of drug-likeness (QED) is 0.670. The van der Waals surface area contributed by atoms with Crippen molar-refractivity contribution in [2.45, 2.75) is 6.42 Å². The van der Waals surface area contributed by atoms with Crippen LogP contribution >= 0.6 is 15.9 Å². The van der Waals surface area contributed by atoms with Crippen LogP contribution in [0, 0.1) is 0 Å². The number of para-hydroxylation sites is 1. The first kappa shape index (κ1) is 7.99. The minimum Gasteiger partial charge on any atom is -0.280 e. The molecule has 0 atom stereocenters. The smallest absolute Gasteiger partial charge is 0.0650 e. The lowest BCUT2D eigenvalue weighted by molar-refractivity contribution is 1.14. The molecule has 1 aromatic rings. The van der Waals surface area contributed by atoms with Crippen LogP contribution in [0.1, 0.15) is 6.42 Å². The standard InChI is InChI=1S/C10H10BrN/c11-6-5-8-7-12-10-4-2-1-3-9(8)10/h1-4H,5-7H2. The number of halogens is 1. The van der Waals surface area contributed by atoms with Gasteiger partial charge in [-0.1, -0.05) is 34.1 Å². The van der Waals surface area contributed by atoms with Crippen molar-refractivity contribution in [2.24, 2.45) is 4.99 Å². The zero-order valence-corrected chi connectivity index (χ0v) is 8.34. The van der Waals surface area contributed by atoms with Crippen LogP contribution in [-0.4, -0.2) is 11.9 Å². The van der Waals surface area contributed by atoms with E-state index in [1.165, 1.54) is 10.8 Å². The highest BCUT2D eigenvalue weighted by atomic mass is 79.9. The Kier molecular flexibility index (Phi) is 2.26. The van der Waals surface area contributed by atoms with E-state index in [2.05, 4.69) is 39.1 Å². The van der Waals surface area contributed by atoms with Gasteiger partial charge in [0.1, 0.15) is 0 Å². The molecule has 0 aromatic heterocycles. The van der Waals surface area contributed by atoms with Crippen LogP contribution in [0.2, 0.25) is 0 Å². The second-order valence-corrected chi connectivity index (χ2v) is 3.67. The van der Waals surface area contributed by atoms with E-state index in [1.54, 1.807) is 0 Å². The van der Waals surface area contributed by atoms with E-state index in [-0.39, 0.29) is 0 Å². The van der Waals surface area contributed by atoms with Crippen molar-refractivity contribution >= 4 is 21.5 Å². The third-order valence-electron chi connectivity index (χ3n) is 2.12. The highest BCUT2D eigenvalue weighted by Crippen LogP contribution is 2.05. The normalized spacial score (nSPS) is 14.2. The Morgan fingerprint density at radius 3 is 3.00 bits per heavy atom. The molecule has 1 heterocycles. The average molecular weight is 224 g/mol. The molecule has 0 saturated heterocycles. The highest BCUT2D eigenvalue weighted by Gasteiger charge is 2.03. The number of benzene rings is 1. The highest BCUT2D eigenvalue weighted by molar-refractivity contribution is 9.09. The molecule has 0 aliphatic carbocycles. The van der Waals surface area contributed by atoms with Crippen molar-refractivity contribution in [3.05, 3.63) is 34.8 Å². The summed E-state index contributed by atoms with van der Waals surface area (Å²) in [4.78, 5) is 4.44. The van der Waals surface area contributed by atoms with Gasteiger partial charge >= 0.3 is 0 Å². The van der Waals surface area contributed by atoms with E-state index in [4.69, 9.17) is 0 Å². The van der Waals surface area contributed by atoms with Crippen LogP contribution in [0.3, 0.4) is 0 Å². The average Bonchev–Trinajstić information content (AvgIpc) is 2.50. The van der Waals surface area contributed by atoms with Crippen LogP contribution in [0.5, 0.6) is 0 Å². The lowest BCUT2D eigenvalue weighted by Crippen LogP contribution is -2.22. The number of hydrogen-bond acceptors (Lipinski definition) is 1. The molecule has 0 fully saturated rings. The molecule has 2 heteroatoms. The van der Waals surface area contributed by atoms with Gasteiger partial charge in [-0.15, -0.1) is 0 Å². The molecule has 0 amide bonds. The summed E-state index contributed by atoms with van der Waals surface area (Å²) in [7, 11) is 0. The molecule has 1 nitrogen and oxygen atoms in total. The van der Waals surface area contributed by atoms with Crippen LogP contribution in [0.4, 0.5) is 0 Å². The fourth-order valence-corrected chi connectivity index (χ4v) is 1.98. The van der Waals surface area contributed by atoms with E-state index in [0.717, 1.165) is 23.7 Å². The molecule has 1 aromatic carbocycles. The van der Waals surface area contributed by atoms with Crippen LogP contribution in [0.15, 0.2) is 29.3 Å². The molecule has 12 heavy (non-hydrogen) atoms. The summed E-state index contributed by atoms with van der Waals surface area (Å²) in [5.41, 5.74) is 1.46. The Morgan fingerprint density at radius 1 is 1.33 bits per heavy atom. The van der Waals surface area contributed by atoms with Crippen LogP contribution < -0.4 is 10.6 Å². The Balaban J connectivity index is 2.58. The third-order valence-corrected chi connectivity index (χ3v) is 2.52. The van der Waals surface area contributed by atoms with Gasteiger partial charge in [0.15, 0.2) is 0 Å². The molecule has 0 saturated carbocycles. The molecule has 2 rings (SSSR count). The summed E-state index contributed by atoms with van der Waals surface area (Å²) in [6.07, 6.45) is 1.11. The predicted octanol–water partition coefficient (Wildman–Crippen LogP) is 1.26. The van der Waals surface area contributed by atoms with E-state index >= 15 is 0 Å². The van der Waals surface area contributed by atoms with Crippen molar-refractivity contribution in [2.75, 3.05) is 11.9 Å². The molecule has 0 radical (unpaired) electrons. The molecular formula is C10H10BrN. The fraction of sp³-hybridized carbons (Fsp3) is 0.300. The first-order valence-electron chi connectivity index (χ1n) is 4.09. The Labute approximate surface area is 80.0 Å². The Morgan fingerprint density at radius 2 is 2.17 bits per heavy atom. The van der Waals surface area contributed by atoms with E-state index in [0.29, 0.717) is 0 Å². The first-order valence-corrected chi connectivity index (χ1v) is 5.21. The number of alkyl halides is 1. The van der Waals surface area contributed by atoms with E-state index < -0.39 is 0 Å². The van der Waals surface area contributed by atoms with E-state index in [9.17, 15) is 0 Å². The fourth-order valence-electron chi connectivity index (χ4n) is 1.50. The third kappa shape index (κ3) is 1.31.